The van der Waals surface area contributed by atoms with Crippen molar-refractivity contribution in [3.63, 3.8) is 0 Å². The highest BCUT2D eigenvalue weighted by Gasteiger charge is 2.30. The molecular formula is C15H12ClN3O5S. The van der Waals surface area contributed by atoms with Crippen molar-refractivity contribution in [2.24, 2.45) is 5.16 Å². The Bertz CT molecular complexity index is 867. The Kier molecular flexibility index (Phi) is 4.86. The van der Waals surface area contributed by atoms with E-state index in [1.807, 2.05) is 0 Å². The lowest BCUT2D eigenvalue weighted by molar-refractivity contribution is -0.384. The first-order chi connectivity index (χ1) is 12.0. The molecule has 1 amide bonds. The molecule has 10 heteroatoms. The van der Waals surface area contributed by atoms with E-state index in [1.54, 1.807) is 12.1 Å². The number of thiophene rings is 1. The minimum atomic E-state index is -0.833. The number of carbonyl (C=O) groups is 1. The van der Waals surface area contributed by atoms with Crippen LogP contribution in [0.25, 0.3) is 0 Å². The average molecular weight is 382 g/mol. The Hall–Kier alpha value is -2.65. The van der Waals surface area contributed by atoms with Crippen LogP contribution in [0.5, 0.6) is 5.75 Å². The number of nitrogens with one attached hydrogen (secondary N) is 1. The number of rotatable bonds is 5. The zero-order chi connectivity index (χ0) is 18.0. The van der Waals surface area contributed by atoms with Crippen LogP contribution >= 0.6 is 22.9 Å². The summed E-state index contributed by atoms with van der Waals surface area (Å²) in [5.74, 6) is -0.164. The third-order valence-corrected chi connectivity index (χ3v) is 4.75. The third-order valence-electron chi connectivity index (χ3n) is 3.47. The van der Waals surface area contributed by atoms with Gasteiger partial charge in [-0.2, -0.15) is 0 Å². The summed E-state index contributed by atoms with van der Waals surface area (Å²) in [5.41, 5.74) is 0.662. The van der Waals surface area contributed by atoms with Gasteiger partial charge in [0, 0.05) is 18.6 Å². The van der Waals surface area contributed by atoms with Crippen molar-refractivity contribution >= 4 is 45.9 Å². The van der Waals surface area contributed by atoms with Gasteiger partial charge >= 0.3 is 0 Å². The predicted molar refractivity (Wildman–Crippen MR) is 93.6 cm³/mol. The maximum atomic E-state index is 12.4. The van der Waals surface area contributed by atoms with Crippen molar-refractivity contribution in [2.45, 2.75) is 12.5 Å². The number of benzene rings is 1. The fourth-order valence-corrected chi connectivity index (χ4v) is 3.29. The predicted octanol–water partition coefficient (Wildman–Crippen LogP) is 3.45. The molecular weight excluding hydrogens is 370 g/mol. The van der Waals surface area contributed by atoms with Gasteiger partial charge in [0.1, 0.15) is 11.5 Å². The lowest BCUT2D eigenvalue weighted by Crippen LogP contribution is -2.28. The molecule has 0 saturated heterocycles. The van der Waals surface area contributed by atoms with Crippen LogP contribution in [0.2, 0.25) is 4.34 Å². The van der Waals surface area contributed by atoms with E-state index in [-0.39, 0.29) is 17.8 Å². The lowest BCUT2D eigenvalue weighted by atomic mass is 10.1. The number of nitro benzene ring substituents is 1. The Labute approximate surface area is 151 Å². The second-order valence-corrected chi connectivity index (χ2v) is 6.79. The molecule has 0 aliphatic carbocycles. The molecule has 1 aliphatic heterocycles. The summed E-state index contributed by atoms with van der Waals surface area (Å²) in [6.07, 6.45) is -0.556. The second kappa shape index (κ2) is 7.08. The second-order valence-electron chi connectivity index (χ2n) is 5.07. The minimum Gasteiger partial charge on any atom is -0.495 e. The van der Waals surface area contributed by atoms with Gasteiger partial charge in [-0.1, -0.05) is 16.8 Å². The van der Waals surface area contributed by atoms with Crippen molar-refractivity contribution in [1.29, 1.82) is 0 Å². The molecule has 3 rings (SSSR count). The van der Waals surface area contributed by atoms with Crippen molar-refractivity contribution in [3.05, 3.63) is 49.7 Å². The highest BCUT2D eigenvalue weighted by molar-refractivity contribution is 7.18. The summed E-state index contributed by atoms with van der Waals surface area (Å²) in [7, 11) is 1.41. The molecule has 2 heterocycles. The van der Waals surface area contributed by atoms with Crippen molar-refractivity contribution in [2.75, 3.05) is 12.4 Å². The van der Waals surface area contributed by atoms with Crippen LogP contribution < -0.4 is 10.1 Å². The van der Waals surface area contributed by atoms with Gasteiger partial charge in [-0.05, 0) is 18.2 Å². The Morgan fingerprint density at radius 3 is 2.92 bits per heavy atom. The molecule has 1 aliphatic rings. The molecule has 0 saturated carbocycles. The third kappa shape index (κ3) is 3.72. The largest absolute Gasteiger partial charge is 0.495 e. The van der Waals surface area contributed by atoms with E-state index in [4.69, 9.17) is 21.2 Å². The number of oxime groups is 1. The molecule has 1 aromatic carbocycles. The number of nitrogens with zero attached hydrogens (tertiary/aromatic N) is 2. The Balaban J connectivity index is 1.71. The summed E-state index contributed by atoms with van der Waals surface area (Å²) in [6.45, 7) is 0. The van der Waals surface area contributed by atoms with Crippen LogP contribution in [0.3, 0.4) is 0 Å². The lowest BCUT2D eigenvalue weighted by Gasteiger charge is -2.12. The number of methoxy groups -OCH3 is 1. The molecule has 25 heavy (non-hydrogen) atoms. The fraction of sp³-hybridized carbons (Fsp3) is 0.200. The van der Waals surface area contributed by atoms with Crippen LogP contribution in [0.4, 0.5) is 11.4 Å². The topological polar surface area (TPSA) is 103 Å². The SMILES string of the molecule is COc1ccc([N+](=O)[O-])cc1NC(=O)[C@@H]1CC(c2ccc(Cl)s2)=NO1. The average Bonchev–Trinajstić information content (AvgIpc) is 3.23. The zero-order valence-electron chi connectivity index (χ0n) is 12.9. The number of carbonyl (C=O) groups excluding carboxylic acids is 1. The van der Waals surface area contributed by atoms with Crippen molar-refractivity contribution in [3.8, 4) is 5.75 Å². The van der Waals surface area contributed by atoms with E-state index < -0.39 is 16.9 Å². The summed E-state index contributed by atoms with van der Waals surface area (Å²) < 4.78 is 5.73. The summed E-state index contributed by atoms with van der Waals surface area (Å²) in [4.78, 5) is 28.7. The Morgan fingerprint density at radius 2 is 2.28 bits per heavy atom. The van der Waals surface area contributed by atoms with Crippen molar-refractivity contribution < 1.29 is 19.3 Å². The summed E-state index contributed by atoms with van der Waals surface area (Å²) >= 11 is 7.24. The maximum Gasteiger partial charge on any atom is 0.271 e. The van der Waals surface area contributed by atoms with Crippen LogP contribution in [-0.4, -0.2) is 29.8 Å². The van der Waals surface area contributed by atoms with E-state index in [2.05, 4.69) is 10.5 Å². The highest BCUT2D eigenvalue weighted by atomic mass is 35.5. The molecule has 0 fully saturated rings. The highest BCUT2D eigenvalue weighted by Crippen LogP contribution is 2.30. The molecule has 1 aromatic heterocycles. The van der Waals surface area contributed by atoms with Gasteiger partial charge in [-0.15, -0.1) is 11.3 Å². The quantitative estimate of drug-likeness (QED) is 0.631. The van der Waals surface area contributed by atoms with E-state index in [1.165, 1.54) is 36.6 Å². The van der Waals surface area contributed by atoms with Gasteiger partial charge in [-0.3, -0.25) is 14.9 Å². The first kappa shape index (κ1) is 17.2. The standard InChI is InChI=1S/C15H12ClN3O5S/c1-23-11-3-2-8(19(21)22)6-9(11)17-15(20)12-7-10(18-24-12)13-4-5-14(16)25-13/h2-6,12H,7H2,1H3,(H,17,20)/t12-/m0/s1. The van der Waals surface area contributed by atoms with E-state index in [0.717, 1.165) is 4.88 Å². The van der Waals surface area contributed by atoms with Crippen molar-refractivity contribution in [1.82, 2.24) is 0 Å². The fourth-order valence-electron chi connectivity index (χ4n) is 2.25. The zero-order valence-corrected chi connectivity index (χ0v) is 14.5. The number of anilines is 1. The van der Waals surface area contributed by atoms with E-state index in [0.29, 0.717) is 15.8 Å². The van der Waals surface area contributed by atoms with E-state index >= 15 is 0 Å². The van der Waals surface area contributed by atoms with Gasteiger partial charge in [0.25, 0.3) is 11.6 Å². The number of amides is 1. The van der Waals surface area contributed by atoms with Crippen LogP contribution in [0.15, 0.2) is 35.5 Å². The number of ether oxygens (including phenoxy) is 1. The monoisotopic (exact) mass is 381 g/mol. The smallest absolute Gasteiger partial charge is 0.271 e. The van der Waals surface area contributed by atoms with Gasteiger partial charge in [0.15, 0.2) is 0 Å². The number of hydrogen-bond donors (Lipinski definition) is 1. The molecule has 2 aromatic rings. The molecule has 130 valence electrons. The van der Waals surface area contributed by atoms with Gasteiger partial charge < -0.3 is 14.9 Å². The summed E-state index contributed by atoms with van der Waals surface area (Å²) in [6, 6.07) is 7.48. The first-order valence-electron chi connectivity index (χ1n) is 7.09. The number of nitro groups is 1. The molecule has 0 spiro atoms. The maximum absolute atomic E-state index is 12.4. The molecule has 0 unspecified atom stereocenters. The first-order valence-corrected chi connectivity index (χ1v) is 8.29. The number of non-ortho nitro benzene ring substituents is 1. The molecule has 1 atom stereocenters. The van der Waals surface area contributed by atoms with Crippen LogP contribution in [0.1, 0.15) is 11.3 Å². The van der Waals surface area contributed by atoms with Crippen LogP contribution in [0, 0.1) is 10.1 Å². The molecule has 1 N–H and O–H groups in total. The molecule has 8 nitrogen and oxygen atoms in total. The molecule has 0 bridgehead atoms. The summed E-state index contributed by atoms with van der Waals surface area (Å²) in [5, 5.41) is 17.4. The van der Waals surface area contributed by atoms with Gasteiger partial charge in [0.2, 0.25) is 6.10 Å². The molecule has 0 radical (unpaired) electrons. The minimum absolute atomic E-state index is 0.159. The van der Waals surface area contributed by atoms with Gasteiger partial charge in [0.05, 0.1) is 26.9 Å². The van der Waals surface area contributed by atoms with Gasteiger partial charge in [-0.25, -0.2) is 0 Å². The number of halogens is 1. The number of hydrogen-bond acceptors (Lipinski definition) is 7. The van der Waals surface area contributed by atoms with Crippen LogP contribution in [-0.2, 0) is 9.63 Å². The van der Waals surface area contributed by atoms with E-state index in [9.17, 15) is 14.9 Å². The Morgan fingerprint density at radius 1 is 1.48 bits per heavy atom. The normalized spacial score (nSPS) is 16.1.